The summed E-state index contributed by atoms with van der Waals surface area (Å²) in [5, 5.41) is 13.6. The Morgan fingerprint density at radius 2 is 1.90 bits per heavy atom. The molecule has 2 aliphatic heterocycles. The van der Waals surface area contributed by atoms with Gasteiger partial charge < -0.3 is 19.9 Å². The van der Waals surface area contributed by atoms with Crippen molar-refractivity contribution < 1.29 is 33.8 Å². The number of ether oxygens (including phenoxy) is 2. The number of carbonyl (C=O) groups excluding carboxylic acids is 4. The predicted molar refractivity (Wildman–Crippen MR) is 103 cm³/mol. The summed E-state index contributed by atoms with van der Waals surface area (Å²) in [6.45, 7) is 3.35. The SMILES string of the molecule is CC[C@@H]1C=CC(=O)[C@@]12O[C@]1(C(=O)N[C@](OC)(C(=O)c3ccccc3)[C@H]1O)C(=O)[C@@H]2C. The van der Waals surface area contributed by atoms with Crippen molar-refractivity contribution in [3.05, 3.63) is 48.0 Å². The second kappa shape index (κ2) is 6.66. The van der Waals surface area contributed by atoms with Gasteiger partial charge in [0.1, 0.15) is 5.60 Å². The third-order valence-electron chi connectivity index (χ3n) is 6.69. The number of carbonyl (C=O) groups is 4. The van der Waals surface area contributed by atoms with Crippen LogP contribution in [-0.4, -0.2) is 58.5 Å². The van der Waals surface area contributed by atoms with Gasteiger partial charge in [-0.05, 0) is 12.5 Å². The number of aliphatic hydroxyl groups excluding tert-OH is 1. The van der Waals surface area contributed by atoms with E-state index in [1.54, 1.807) is 24.3 Å². The van der Waals surface area contributed by atoms with Gasteiger partial charge in [0.15, 0.2) is 17.7 Å². The third-order valence-corrected chi connectivity index (χ3v) is 6.69. The van der Waals surface area contributed by atoms with Crippen LogP contribution in [0.25, 0.3) is 0 Å². The van der Waals surface area contributed by atoms with E-state index in [1.807, 2.05) is 6.92 Å². The van der Waals surface area contributed by atoms with Crippen LogP contribution in [0.3, 0.4) is 0 Å². The number of rotatable bonds is 4. The maximum atomic E-state index is 13.4. The number of ketones is 3. The average Bonchev–Trinajstić information content (AvgIpc) is 3.29. The highest BCUT2D eigenvalue weighted by Crippen LogP contribution is 2.53. The van der Waals surface area contributed by atoms with Gasteiger partial charge in [0.2, 0.25) is 17.1 Å². The van der Waals surface area contributed by atoms with Crippen molar-refractivity contribution in [1.29, 1.82) is 0 Å². The van der Waals surface area contributed by atoms with Crippen molar-refractivity contribution in [2.75, 3.05) is 7.11 Å². The topological polar surface area (TPSA) is 119 Å². The number of benzene rings is 1. The van der Waals surface area contributed by atoms with Crippen molar-refractivity contribution in [2.24, 2.45) is 11.8 Å². The Kier molecular flexibility index (Phi) is 4.57. The van der Waals surface area contributed by atoms with Crippen LogP contribution >= 0.6 is 0 Å². The fourth-order valence-corrected chi connectivity index (χ4v) is 5.01. The fraction of sp³-hybridized carbons (Fsp3) is 0.455. The molecule has 8 nitrogen and oxygen atoms in total. The van der Waals surface area contributed by atoms with Gasteiger partial charge in [-0.15, -0.1) is 0 Å². The van der Waals surface area contributed by atoms with Gasteiger partial charge >= 0.3 is 0 Å². The molecule has 0 unspecified atom stereocenters. The zero-order chi connectivity index (χ0) is 21.9. The second-order valence-electron chi connectivity index (χ2n) is 7.95. The van der Waals surface area contributed by atoms with Gasteiger partial charge in [-0.1, -0.05) is 50.3 Å². The molecule has 1 amide bonds. The van der Waals surface area contributed by atoms with Crippen LogP contribution in [0.4, 0.5) is 0 Å². The fourth-order valence-electron chi connectivity index (χ4n) is 5.01. The molecule has 0 radical (unpaired) electrons. The van der Waals surface area contributed by atoms with Gasteiger partial charge in [0, 0.05) is 18.6 Å². The summed E-state index contributed by atoms with van der Waals surface area (Å²) in [6.07, 6.45) is 1.50. The van der Waals surface area contributed by atoms with E-state index in [1.165, 1.54) is 25.1 Å². The van der Waals surface area contributed by atoms with Crippen molar-refractivity contribution in [1.82, 2.24) is 5.32 Å². The van der Waals surface area contributed by atoms with E-state index in [0.717, 1.165) is 7.11 Å². The molecule has 30 heavy (non-hydrogen) atoms. The minimum Gasteiger partial charge on any atom is -0.383 e. The minimum absolute atomic E-state index is 0.175. The summed E-state index contributed by atoms with van der Waals surface area (Å²) in [7, 11) is 1.15. The van der Waals surface area contributed by atoms with Gasteiger partial charge in [-0.2, -0.15) is 0 Å². The van der Waals surface area contributed by atoms with Gasteiger partial charge in [-0.25, -0.2) is 0 Å². The number of amides is 1. The normalized spacial score (nSPS) is 40.0. The molecular weight excluding hydrogens is 390 g/mol. The molecule has 0 bridgehead atoms. The molecule has 2 fully saturated rings. The number of methoxy groups -OCH3 is 1. The Labute approximate surface area is 173 Å². The smallest absolute Gasteiger partial charge is 0.265 e. The summed E-state index contributed by atoms with van der Waals surface area (Å²) in [5.41, 5.74) is -6.07. The lowest BCUT2D eigenvalue weighted by Gasteiger charge is -2.35. The molecule has 1 aromatic carbocycles. The summed E-state index contributed by atoms with van der Waals surface area (Å²) < 4.78 is 11.3. The van der Waals surface area contributed by atoms with Gasteiger partial charge in [-0.3, -0.25) is 19.2 Å². The highest BCUT2D eigenvalue weighted by molar-refractivity contribution is 6.21. The van der Waals surface area contributed by atoms with Gasteiger partial charge in [0.05, 0.1) is 5.92 Å². The largest absolute Gasteiger partial charge is 0.383 e. The molecule has 2 saturated heterocycles. The molecule has 4 rings (SSSR count). The number of hydrogen-bond donors (Lipinski definition) is 2. The van der Waals surface area contributed by atoms with E-state index in [0.29, 0.717) is 6.42 Å². The van der Waals surface area contributed by atoms with E-state index in [4.69, 9.17) is 9.47 Å². The molecule has 158 valence electrons. The van der Waals surface area contributed by atoms with Crippen LogP contribution < -0.4 is 5.32 Å². The third kappa shape index (κ3) is 2.21. The molecule has 6 atom stereocenters. The Hall–Kier alpha value is -2.68. The van der Waals surface area contributed by atoms with Crippen LogP contribution in [0.15, 0.2) is 42.5 Å². The molecule has 3 aliphatic rings. The first kappa shape index (κ1) is 20.6. The van der Waals surface area contributed by atoms with Crippen LogP contribution in [0.2, 0.25) is 0 Å². The maximum Gasteiger partial charge on any atom is 0.265 e. The van der Waals surface area contributed by atoms with E-state index in [2.05, 4.69) is 5.32 Å². The minimum atomic E-state index is -2.42. The van der Waals surface area contributed by atoms with Crippen LogP contribution in [0, 0.1) is 11.8 Å². The summed E-state index contributed by atoms with van der Waals surface area (Å²) in [5.74, 6) is -4.34. The van der Waals surface area contributed by atoms with E-state index in [9.17, 15) is 24.3 Å². The van der Waals surface area contributed by atoms with Crippen molar-refractivity contribution in [3.63, 3.8) is 0 Å². The Morgan fingerprint density at radius 1 is 1.23 bits per heavy atom. The Balaban J connectivity index is 1.82. The second-order valence-corrected chi connectivity index (χ2v) is 7.95. The lowest BCUT2D eigenvalue weighted by atomic mass is 9.75. The standard InChI is InChI=1S/C22H23NO7/c1-4-14-10-11-15(24)20(14)12(2)16(25)21(30-20)18(27)22(29-3,23-19(21)28)17(26)13-8-6-5-7-9-13/h5-12,14,18,27H,4H2,1-3H3,(H,23,28)/t12-,14+,18-,20-,21+,22-/m0/s1. The first-order valence-corrected chi connectivity index (χ1v) is 9.85. The highest BCUT2D eigenvalue weighted by Gasteiger charge is 2.79. The van der Waals surface area contributed by atoms with Crippen LogP contribution in [0.1, 0.15) is 30.6 Å². The Morgan fingerprint density at radius 3 is 2.50 bits per heavy atom. The predicted octanol–water partition coefficient (Wildman–Crippen LogP) is 0.581. The maximum absolute atomic E-state index is 13.4. The summed E-state index contributed by atoms with van der Waals surface area (Å²) in [4.78, 5) is 52.5. The van der Waals surface area contributed by atoms with Crippen LogP contribution in [-0.2, 0) is 23.9 Å². The number of aliphatic hydroxyl groups is 1. The molecule has 1 aromatic rings. The average molecular weight is 413 g/mol. The summed E-state index contributed by atoms with van der Waals surface area (Å²) >= 11 is 0. The van der Waals surface area contributed by atoms with E-state index >= 15 is 0 Å². The molecule has 0 saturated carbocycles. The van der Waals surface area contributed by atoms with E-state index < -0.39 is 58.1 Å². The zero-order valence-corrected chi connectivity index (χ0v) is 16.9. The first-order valence-electron chi connectivity index (χ1n) is 9.85. The quantitative estimate of drug-likeness (QED) is 0.547. The van der Waals surface area contributed by atoms with Gasteiger partial charge in [0.25, 0.3) is 5.91 Å². The Bertz CT molecular complexity index is 973. The monoisotopic (exact) mass is 413 g/mol. The molecule has 1 aliphatic carbocycles. The number of hydrogen-bond acceptors (Lipinski definition) is 7. The molecule has 2 heterocycles. The van der Waals surface area contributed by atoms with Crippen molar-refractivity contribution in [3.8, 4) is 0 Å². The molecule has 8 heteroatoms. The molecule has 2 N–H and O–H groups in total. The van der Waals surface area contributed by atoms with Crippen molar-refractivity contribution in [2.45, 2.75) is 43.3 Å². The molecular formula is C22H23NO7. The first-order chi connectivity index (χ1) is 14.2. The molecule has 2 spiro atoms. The highest BCUT2D eigenvalue weighted by atomic mass is 16.6. The lowest BCUT2D eigenvalue weighted by molar-refractivity contribution is -0.189. The lowest BCUT2D eigenvalue weighted by Crippen LogP contribution is -2.61. The van der Waals surface area contributed by atoms with Crippen LogP contribution in [0.5, 0.6) is 0 Å². The number of nitrogens with one attached hydrogen (secondary N) is 1. The van der Waals surface area contributed by atoms with Crippen molar-refractivity contribution >= 4 is 23.3 Å². The molecule has 0 aromatic heterocycles. The van der Waals surface area contributed by atoms with E-state index in [-0.39, 0.29) is 5.56 Å². The number of Topliss-reactive ketones (excluding diaryl/α,β-unsaturated/α-hetero) is 2. The summed E-state index contributed by atoms with van der Waals surface area (Å²) in [6, 6.07) is 7.97. The zero-order valence-electron chi connectivity index (χ0n) is 16.9.